The van der Waals surface area contributed by atoms with Gasteiger partial charge in [0.05, 0.1) is 0 Å². The zero-order valence-corrected chi connectivity index (χ0v) is 9.56. The SMILES string of the molecule is C=CCN(C)CC(C)(C)CNCC. The van der Waals surface area contributed by atoms with E-state index in [1.165, 1.54) is 0 Å². The molecule has 2 nitrogen and oxygen atoms in total. The average Bonchev–Trinajstić information content (AvgIpc) is 2.00. The van der Waals surface area contributed by atoms with Gasteiger partial charge >= 0.3 is 0 Å². The van der Waals surface area contributed by atoms with Crippen molar-refractivity contribution in [3.05, 3.63) is 12.7 Å². The minimum absolute atomic E-state index is 0.341. The molecule has 0 unspecified atom stereocenters. The molecule has 0 rings (SSSR count). The van der Waals surface area contributed by atoms with Crippen molar-refractivity contribution < 1.29 is 0 Å². The first-order valence-electron chi connectivity index (χ1n) is 5.02. The molecule has 0 aliphatic carbocycles. The van der Waals surface area contributed by atoms with E-state index in [0.717, 1.165) is 26.2 Å². The Hall–Kier alpha value is -0.340. The van der Waals surface area contributed by atoms with Crippen LogP contribution in [0.4, 0.5) is 0 Å². The molecular formula is C11H24N2. The lowest BCUT2D eigenvalue weighted by molar-refractivity contribution is 0.219. The first kappa shape index (κ1) is 12.7. The highest BCUT2D eigenvalue weighted by Crippen LogP contribution is 2.14. The summed E-state index contributed by atoms with van der Waals surface area (Å²) in [5.41, 5.74) is 0.341. The van der Waals surface area contributed by atoms with Crippen LogP contribution in [0.1, 0.15) is 20.8 Å². The molecule has 0 amide bonds. The minimum atomic E-state index is 0.341. The lowest BCUT2D eigenvalue weighted by Gasteiger charge is -2.29. The summed E-state index contributed by atoms with van der Waals surface area (Å²) >= 11 is 0. The van der Waals surface area contributed by atoms with Gasteiger partial charge in [0, 0.05) is 19.6 Å². The zero-order valence-electron chi connectivity index (χ0n) is 9.56. The number of nitrogens with one attached hydrogen (secondary N) is 1. The van der Waals surface area contributed by atoms with Gasteiger partial charge in [0.1, 0.15) is 0 Å². The topological polar surface area (TPSA) is 15.3 Å². The normalized spacial score (nSPS) is 12.1. The molecule has 0 aliphatic heterocycles. The Morgan fingerprint density at radius 2 is 2.08 bits per heavy atom. The van der Waals surface area contributed by atoms with Crippen LogP contribution >= 0.6 is 0 Å². The van der Waals surface area contributed by atoms with Crippen LogP contribution in [0.3, 0.4) is 0 Å². The summed E-state index contributed by atoms with van der Waals surface area (Å²) in [5, 5.41) is 3.38. The number of hydrogen-bond acceptors (Lipinski definition) is 2. The van der Waals surface area contributed by atoms with E-state index in [-0.39, 0.29) is 0 Å². The maximum Gasteiger partial charge on any atom is 0.0157 e. The number of likely N-dealkylation sites (N-methyl/N-ethyl adjacent to an activating group) is 1. The van der Waals surface area contributed by atoms with Crippen LogP contribution in [0.25, 0.3) is 0 Å². The van der Waals surface area contributed by atoms with Gasteiger partial charge in [-0.25, -0.2) is 0 Å². The fraction of sp³-hybridized carbons (Fsp3) is 0.818. The summed E-state index contributed by atoms with van der Waals surface area (Å²) in [6, 6.07) is 0. The van der Waals surface area contributed by atoms with E-state index in [4.69, 9.17) is 0 Å². The van der Waals surface area contributed by atoms with Gasteiger partial charge in [0.15, 0.2) is 0 Å². The van der Waals surface area contributed by atoms with E-state index in [2.05, 4.69) is 44.6 Å². The number of hydrogen-bond donors (Lipinski definition) is 1. The minimum Gasteiger partial charge on any atom is -0.316 e. The van der Waals surface area contributed by atoms with Crippen LogP contribution in [-0.2, 0) is 0 Å². The second kappa shape index (κ2) is 6.17. The third-order valence-corrected chi connectivity index (χ3v) is 1.99. The molecule has 0 aromatic rings. The summed E-state index contributed by atoms with van der Waals surface area (Å²) < 4.78 is 0. The Labute approximate surface area is 83.0 Å². The van der Waals surface area contributed by atoms with Gasteiger partial charge in [-0.3, -0.25) is 0 Å². The van der Waals surface area contributed by atoms with E-state index in [1.807, 2.05) is 6.08 Å². The summed E-state index contributed by atoms with van der Waals surface area (Å²) in [5.74, 6) is 0. The second-order valence-corrected chi connectivity index (χ2v) is 4.43. The maximum atomic E-state index is 3.74. The van der Waals surface area contributed by atoms with Gasteiger partial charge in [-0.2, -0.15) is 0 Å². The van der Waals surface area contributed by atoms with Crippen molar-refractivity contribution in [3.8, 4) is 0 Å². The van der Waals surface area contributed by atoms with E-state index >= 15 is 0 Å². The first-order valence-corrected chi connectivity index (χ1v) is 5.02. The first-order chi connectivity index (χ1) is 6.02. The highest BCUT2D eigenvalue weighted by atomic mass is 15.1. The van der Waals surface area contributed by atoms with Crippen LogP contribution in [-0.4, -0.2) is 38.1 Å². The Morgan fingerprint density at radius 3 is 2.54 bits per heavy atom. The molecule has 0 atom stereocenters. The quantitative estimate of drug-likeness (QED) is 0.606. The van der Waals surface area contributed by atoms with Crippen LogP contribution < -0.4 is 5.32 Å². The Bertz CT molecular complexity index is 141. The smallest absolute Gasteiger partial charge is 0.0157 e. The van der Waals surface area contributed by atoms with Gasteiger partial charge < -0.3 is 10.2 Å². The Kier molecular flexibility index (Phi) is 6.00. The number of nitrogens with zero attached hydrogens (tertiary/aromatic N) is 1. The van der Waals surface area contributed by atoms with Crippen molar-refractivity contribution in [1.82, 2.24) is 10.2 Å². The van der Waals surface area contributed by atoms with Gasteiger partial charge in [0.2, 0.25) is 0 Å². The standard InChI is InChI=1S/C11H24N2/c1-6-8-13(5)10-11(3,4)9-12-7-2/h6,12H,1,7-10H2,2-5H3. The second-order valence-electron chi connectivity index (χ2n) is 4.43. The van der Waals surface area contributed by atoms with Crippen LogP contribution in [0.2, 0.25) is 0 Å². The van der Waals surface area contributed by atoms with E-state index < -0.39 is 0 Å². The summed E-state index contributed by atoms with van der Waals surface area (Å²) in [7, 11) is 2.13. The molecule has 0 radical (unpaired) electrons. The van der Waals surface area contributed by atoms with Gasteiger partial charge in [-0.1, -0.05) is 26.8 Å². The third-order valence-electron chi connectivity index (χ3n) is 1.99. The molecular weight excluding hydrogens is 160 g/mol. The highest BCUT2D eigenvalue weighted by molar-refractivity contribution is 4.78. The lowest BCUT2D eigenvalue weighted by Crippen LogP contribution is -2.38. The van der Waals surface area contributed by atoms with Crippen molar-refractivity contribution in [2.45, 2.75) is 20.8 Å². The van der Waals surface area contributed by atoms with Gasteiger partial charge in [-0.05, 0) is 19.0 Å². The molecule has 0 fully saturated rings. The fourth-order valence-electron chi connectivity index (χ4n) is 1.53. The monoisotopic (exact) mass is 184 g/mol. The molecule has 0 aromatic heterocycles. The van der Waals surface area contributed by atoms with Crippen molar-refractivity contribution in [3.63, 3.8) is 0 Å². The lowest BCUT2D eigenvalue weighted by atomic mass is 9.93. The predicted octanol–water partition coefficient (Wildman–Crippen LogP) is 1.74. The van der Waals surface area contributed by atoms with Gasteiger partial charge in [0.25, 0.3) is 0 Å². The Balaban J connectivity index is 3.78. The molecule has 0 aromatic carbocycles. The predicted molar refractivity (Wildman–Crippen MR) is 60.0 cm³/mol. The molecule has 13 heavy (non-hydrogen) atoms. The summed E-state index contributed by atoms with van der Waals surface area (Å²) in [6.45, 7) is 14.6. The third kappa shape index (κ3) is 6.79. The molecule has 0 spiro atoms. The molecule has 0 bridgehead atoms. The summed E-state index contributed by atoms with van der Waals surface area (Å²) in [6.07, 6.45) is 1.95. The highest BCUT2D eigenvalue weighted by Gasteiger charge is 2.18. The van der Waals surface area contributed by atoms with Crippen molar-refractivity contribution in [1.29, 1.82) is 0 Å². The molecule has 0 aliphatic rings. The molecule has 0 heterocycles. The maximum absolute atomic E-state index is 3.74. The largest absolute Gasteiger partial charge is 0.316 e. The zero-order chi connectivity index (χ0) is 10.3. The molecule has 0 saturated carbocycles. The van der Waals surface area contributed by atoms with Crippen LogP contribution in [0.5, 0.6) is 0 Å². The van der Waals surface area contributed by atoms with E-state index in [9.17, 15) is 0 Å². The van der Waals surface area contributed by atoms with Crippen LogP contribution in [0, 0.1) is 5.41 Å². The molecule has 2 heteroatoms. The summed E-state index contributed by atoms with van der Waals surface area (Å²) in [4.78, 5) is 2.30. The molecule has 0 saturated heterocycles. The molecule has 78 valence electrons. The number of rotatable bonds is 7. The Morgan fingerprint density at radius 1 is 1.46 bits per heavy atom. The van der Waals surface area contributed by atoms with E-state index in [0.29, 0.717) is 5.41 Å². The van der Waals surface area contributed by atoms with Crippen molar-refractivity contribution in [2.24, 2.45) is 5.41 Å². The molecule has 1 N–H and O–H groups in total. The van der Waals surface area contributed by atoms with Crippen molar-refractivity contribution >= 4 is 0 Å². The van der Waals surface area contributed by atoms with Gasteiger partial charge in [-0.15, -0.1) is 6.58 Å². The van der Waals surface area contributed by atoms with Crippen molar-refractivity contribution in [2.75, 3.05) is 33.2 Å². The fourth-order valence-corrected chi connectivity index (χ4v) is 1.53. The average molecular weight is 184 g/mol. The van der Waals surface area contributed by atoms with Crippen LogP contribution in [0.15, 0.2) is 12.7 Å². The van der Waals surface area contributed by atoms with E-state index in [1.54, 1.807) is 0 Å².